The fourth-order valence-corrected chi connectivity index (χ4v) is 4.88. The van der Waals surface area contributed by atoms with Crippen molar-refractivity contribution in [3.8, 4) is 11.4 Å². The Morgan fingerprint density at radius 2 is 1.97 bits per heavy atom. The topological polar surface area (TPSA) is 91.4 Å². The number of halogens is 2. The van der Waals surface area contributed by atoms with Crippen molar-refractivity contribution in [1.82, 2.24) is 9.72 Å². The van der Waals surface area contributed by atoms with Gasteiger partial charge in [0, 0.05) is 28.1 Å². The number of hydrogen-bond donors (Lipinski definition) is 0. The molecule has 0 atom stereocenters. The molecule has 0 fully saturated rings. The predicted molar refractivity (Wildman–Crippen MR) is 116 cm³/mol. The maximum Gasteiger partial charge on any atom is 0.255 e. The number of pyridine rings is 1. The third kappa shape index (κ3) is 3.76. The Kier molecular flexibility index (Phi) is 5.44. The van der Waals surface area contributed by atoms with Crippen molar-refractivity contribution in [3.63, 3.8) is 0 Å². The van der Waals surface area contributed by atoms with Gasteiger partial charge < -0.3 is 9.26 Å². The molecule has 2 aromatic heterocycles. The first-order valence-electron chi connectivity index (χ1n) is 8.61. The van der Waals surface area contributed by atoms with Crippen molar-refractivity contribution in [2.45, 2.75) is 10.6 Å². The van der Waals surface area contributed by atoms with Crippen LogP contribution in [0.5, 0.6) is 5.75 Å². The zero-order valence-electron chi connectivity index (χ0n) is 15.5. The van der Waals surface area contributed by atoms with Crippen molar-refractivity contribution in [1.29, 1.82) is 0 Å². The minimum atomic E-state index is -3.65. The van der Waals surface area contributed by atoms with E-state index < -0.39 is 9.84 Å². The van der Waals surface area contributed by atoms with Crippen LogP contribution in [-0.4, -0.2) is 25.3 Å². The molecule has 0 saturated carbocycles. The summed E-state index contributed by atoms with van der Waals surface area (Å²) < 4.78 is 37.7. The van der Waals surface area contributed by atoms with E-state index in [0.717, 1.165) is 0 Å². The van der Waals surface area contributed by atoms with E-state index >= 15 is 0 Å². The summed E-state index contributed by atoms with van der Waals surface area (Å²) in [6.45, 7) is 0. The van der Waals surface area contributed by atoms with Crippen LogP contribution >= 0.6 is 27.5 Å². The molecule has 0 amide bonds. The largest absolute Gasteiger partial charge is 0.495 e. The Bertz CT molecular complexity index is 1420. The Balaban J connectivity index is 1.89. The summed E-state index contributed by atoms with van der Waals surface area (Å²) in [5, 5.41) is 4.67. The number of rotatable bonds is 5. The van der Waals surface area contributed by atoms with Gasteiger partial charge in [0.25, 0.3) is 5.56 Å². The fraction of sp³-hybridized carbons (Fsp3) is 0.100. The number of sulfone groups is 1. The summed E-state index contributed by atoms with van der Waals surface area (Å²) in [5.41, 5.74) is 1.02. The minimum absolute atomic E-state index is 0.118. The summed E-state index contributed by atoms with van der Waals surface area (Å²) in [4.78, 5) is 12.8. The standard InChI is InChI=1S/C20H14BrClN2O5S/c1-28-19-10-16(22)15(21)9-18(19)24-17-4-3-14(8-12(17)2-5-20(24)25)30(26,27)11-13-6-7-29-23-13/h2-10H,11H2,1H3. The Hall–Kier alpha value is -2.62. The molecule has 30 heavy (non-hydrogen) atoms. The van der Waals surface area contributed by atoms with Crippen molar-refractivity contribution in [3.05, 3.63) is 80.3 Å². The lowest BCUT2D eigenvalue weighted by Gasteiger charge is -2.15. The molecular weight excluding hydrogens is 496 g/mol. The van der Waals surface area contributed by atoms with E-state index in [1.54, 1.807) is 24.3 Å². The Labute approximate surface area is 184 Å². The van der Waals surface area contributed by atoms with Gasteiger partial charge in [-0.15, -0.1) is 0 Å². The number of aromatic nitrogens is 2. The second-order valence-electron chi connectivity index (χ2n) is 6.42. The SMILES string of the molecule is COc1cc(Cl)c(Br)cc1-n1c(=O)ccc2cc(S(=O)(=O)Cc3ccon3)ccc21. The maximum atomic E-state index is 12.8. The van der Waals surface area contributed by atoms with Crippen molar-refractivity contribution < 1.29 is 17.7 Å². The van der Waals surface area contributed by atoms with Crippen LogP contribution in [0.1, 0.15) is 5.69 Å². The van der Waals surface area contributed by atoms with Gasteiger partial charge >= 0.3 is 0 Å². The van der Waals surface area contributed by atoms with E-state index in [9.17, 15) is 13.2 Å². The number of fused-ring (bicyclic) bond motifs is 1. The lowest BCUT2D eigenvalue weighted by Crippen LogP contribution is -2.18. The van der Waals surface area contributed by atoms with E-state index in [4.69, 9.17) is 20.9 Å². The molecule has 2 aromatic carbocycles. The van der Waals surface area contributed by atoms with Crippen LogP contribution in [-0.2, 0) is 15.6 Å². The van der Waals surface area contributed by atoms with Crippen molar-refractivity contribution in [2.75, 3.05) is 7.11 Å². The first-order chi connectivity index (χ1) is 14.3. The van der Waals surface area contributed by atoms with E-state index in [0.29, 0.717) is 37.5 Å². The molecule has 0 bridgehead atoms. The average molecular weight is 510 g/mol. The number of hydrogen-bond acceptors (Lipinski definition) is 6. The zero-order chi connectivity index (χ0) is 21.5. The van der Waals surface area contributed by atoms with Gasteiger partial charge in [0.2, 0.25) is 0 Å². The highest BCUT2D eigenvalue weighted by molar-refractivity contribution is 9.10. The molecule has 0 spiro atoms. The molecule has 7 nitrogen and oxygen atoms in total. The molecule has 0 aliphatic heterocycles. The molecule has 2 heterocycles. The first-order valence-corrected chi connectivity index (χ1v) is 11.4. The summed E-state index contributed by atoms with van der Waals surface area (Å²) in [5.74, 6) is 0.118. The predicted octanol–water partition coefficient (Wildman–Crippen LogP) is 4.38. The molecule has 4 rings (SSSR count). The van der Waals surface area contributed by atoms with Crippen LogP contribution in [0.25, 0.3) is 16.6 Å². The van der Waals surface area contributed by atoms with E-state index in [1.165, 1.54) is 42.2 Å². The molecule has 0 radical (unpaired) electrons. The van der Waals surface area contributed by atoms with Crippen molar-refractivity contribution >= 4 is 48.3 Å². The monoisotopic (exact) mass is 508 g/mol. The second-order valence-corrected chi connectivity index (χ2v) is 9.67. The molecule has 10 heteroatoms. The Morgan fingerprint density at radius 3 is 2.67 bits per heavy atom. The zero-order valence-corrected chi connectivity index (χ0v) is 18.7. The number of nitrogens with zero attached hydrogens (tertiary/aromatic N) is 2. The summed E-state index contributed by atoms with van der Waals surface area (Å²) >= 11 is 9.51. The average Bonchev–Trinajstić information content (AvgIpc) is 3.21. The lowest BCUT2D eigenvalue weighted by molar-refractivity contribution is 0.413. The Morgan fingerprint density at radius 1 is 1.17 bits per heavy atom. The van der Waals surface area contributed by atoms with Crippen LogP contribution in [0.3, 0.4) is 0 Å². The van der Waals surface area contributed by atoms with Crippen LogP contribution in [0, 0.1) is 0 Å². The van der Waals surface area contributed by atoms with Crippen molar-refractivity contribution in [2.24, 2.45) is 0 Å². The summed E-state index contributed by atoms with van der Waals surface area (Å²) in [7, 11) is -2.17. The molecule has 154 valence electrons. The highest BCUT2D eigenvalue weighted by atomic mass is 79.9. The summed E-state index contributed by atoms with van der Waals surface area (Å²) in [6, 6.07) is 12.3. The first kappa shape index (κ1) is 20.6. The molecular formula is C20H14BrClN2O5S. The van der Waals surface area contributed by atoms with Crippen LogP contribution in [0.2, 0.25) is 5.02 Å². The molecule has 0 aliphatic rings. The molecule has 0 unspecified atom stereocenters. The normalized spacial score (nSPS) is 11.7. The van der Waals surface area contributed by atoms with Gasteiger partial charge in [0.1, 0.15) is 17.8 Å². The van der Waals surface area contributed by atoms with Gasteiger partial charge in [-0.1, -0.05) is 16.8 Å². The number of methoxy groups -OCH3 is 1. The molecule has 4 aromatic rings. The van der Waals surface area contributed by atoms with E-state index in [2.05, 4.69) is 21.1 Å². The van der Waals surface area contributed by atoms with Crippen LogP contribution < -0.4 is 10.3 Å². The maximum absolute atomic E-state index is 12.8. The van der Waals surface area contributed by atoms with E-state index in [1.807, 2.05) is 0 Å². The number of ether oxygens (including phenoxy) is 1. The molecule has 0 aliphatic carbocycles. The third-order valence-corrected chi connectivity index (χ3v) is 7.36. The highest BCUT2D eigenvalue weighted by Crippen LogP contribution is 2.34. The van der Waals surface area contributed by atoms with Gasteiger partial charge in [-0.25, -0.2) is 8.42 Å². The van der Waals surface area contributed by atoms with Gasteiger partial charge in [-0.3, -0.25) is 9.36 Å². The van der Waals surface area contributed by atoms with Crippen LogP contribution in [0.15, 0.2) is 73.5 Å². The number of benzene rings is 2. The van der Waals surface area contributed by atoms with Gasteiger partial charge in [-0.2, -0.15) is 0 Å². The molecule has 0 saturated heterocycles. The highest BCUT2D eigenvalue weighted by Gasteiger charge is 2.19. The van der Waals surface area contributed by atoms with Gasteiger partial charge in [0.15, 0.2) is 9.84 Å². The van der Waals surface area contributed by atoms with Gasteiger partial charge in [-0.05, 0) is 46.3 Å². The lowest BCUT2D eigenvalue weighted by atomic mass is 10.2. The smallest absolute Gasteiger partial charge is 0.255 e. The fourth-order valence-electron chi connectivity index (χ4n) is 3.11. The summed E-state index contributed by atoms with van der Waals surface area (Å²) in [6.07, 6.45) is 1.32. The quantitative estimate of drug-likeness (QED) is 0.397. The second kappa shape index (κ2) is 7.90. The third-order valence-electron chi connectivity index (χ3n) is 4.52. The molecule has 0 N–H and O–H groups in total. The van der Waals surface area contributed by atoms with Gasteiger partial charge in [0.05, 0.1) is 33.9 Å². The van der Waals surface area contributed by atoms with E-state index in [-0.39, 0.29) is 16.2 Å². The van der Waals surface area contributed by atoms with Crippen LogP contribution in [0.4, 0.5) is 0 Å². The minimum Gasteiger partial charge on any atom is -0.495 e.